The summed E-state index contributed by atoms with van der Waals surface area (Å²) >= 11 is 0. The maximum atomic E-state index is 12.5. The largest absolute Gasteiger partial charge is 0.472 e. The molecule has 0 fully saturated rings. The molecule has 1 aliphatic heterocycles. The van der Waals surface area contributed by atoms with E-state index in [2.05, 4.69) is 33.8 Å². The van der Waals surface area contributed by atoms with E-state index in [0.717, 1.165) is 31.2 Å². The first kappa shape index (κ1) is 16.5. The maximum Gasteiger partial charge on any atom is 0.257 e. The minimum absolute atomic E-state index is 0.0109. The van der Waals surface area contributed by atoms with Gasteiger partial charge in [0.2, 0.25) is 0 Å². The lowest BCUT2D eigenvalue weighted by Gasteiger charge is -2.27. The Morgan fingerprint density at radius 1 is 1.31 bits per heavy atom. The number of carbonyl (C=O) groups excluding carboxylic acids is 1. The first-order chi connectivity index (χ1) is 12.7. The summed E-state index contributed by atoms with van der Waals surface area (Å²) in [5, 5.41) is 0. The minimum Gasteiger partial charge on any atom is -0.472 e. The zero-order valence-corrected chi connectivity index (χ0v) is 14.7. The normalized spacial score (nSPS) is 13.8. The van der Waals surface area contributed by atoms with Crippen molar-refractivity contribution >= 4 is 5.91 Å². The molecule has 0 radical (unpaired) electrons. The van der Waals surface area contributed by atoms with Crippen LogP contribution in [0.1, 0.15) is 27.4 Å². The van der Waals surface area contributed by atoms with Gasteiger partial charge in [0, 0.05) is 44.8 Å². The van der Waals surface area contributed by atoms with Gasteiger partial charge in [-0.05, 0) is 24.7 Å². The van der Waals surface area contributed by atoms with E-state index in [1.54, 1.807) is 12.3 Å². The number of carbonyl (C=O) groups is 1. The summed E-state index contributed by atoms with van der Waals surface area (Å²) in [4.78, 5) is 25.4. The number of rotatable bonds is 5. The van der Waals surface area contributed by atoms with Crippen LogP contribution in [-0.4, -0.2) is 43.8 Å². The van der Waals surface area contributed by atoms with Gasteiger partial charge in [-0.1, -0.05) is 6.07 Å². The molecule has 0 aliphatic carbocycles. The number of hydrogen-bond donors (Lipinski definition) is 0. The van der Waals surface area contributed by atoms with Crippen molar-refractivity contribution in [1.82, 2.24) is 24.3 Å². The molecular weight excluding hydrogens is 330 g/mol. The third kappa shape index (κ3) is 3.52. The van der Waals surface area contributed by atoms with Crippen LogP contribution in [0.25, 0.3) is 0 Å². The maximum absolute atomic E-state index is 12.5. The van der Waals surface area contributed by atoms with E-state index in [1.165, 1.54) is 18.1 Å². The summed E-state index contributed by atoms with van der Waals surface area (Å²) < 4.78 is 7.16. The van der Waals surface area contributed by atoms with Crippen LogP contribution in [0.4, 0.5) is 0 Å². The molecule has 7 nitrogen and oxygen atoms in total. The molecule has 4 rings (SSSR count). The topological polar surface area (TPSA) is 67.4 Å². The number of nitrogens with zero attached hydrogens (tertiary/aromatic N) is 5. The van der Waals surface area contributed by atoms with Crippen LogP contribution < -0.4 is 0 Å². The van der Waals surface area contributed by atoms with Crippen LogP contribution >= 0.6 is 0 Å². The summed E-state index contributed by atoms with van der Waals surface area (Å²) in [5.74, 6) is 0.918. The molecule has 1 amide bonds. The van der Waals surface area contributed by atoms with Gasteiger partial charge in [0.05, 0.1) is 24.1 Å². The first-order valence-corrected chi connectivity index (χ1v) is 8.63. The fraction of sp³-hybridized carbons (Fsp3) is 0.316. The van der Waals surface area contributed by atoms with Gasteiger partial charge in [0.25, 0.3) is 5.91 Å². The third-order valence-electron chi connectivity index (χ3n) is 4.51. The molecule has 7 heteroatoms. The highest BCUT2D eigenvalue weighted by molar-refractivity contribution is 5.93. The molecule has 0 atom stereocenters. The van der Waals surface area contributed by atoms with E-state index in [0.29, 0.717) is 18.7 Å². The van der Waals surface area contributed by atoms with Crippen molar-refractivity contribution in [1.29, 1.82) is 0 Å². The number of aromatic nitrogens is 3. The average Bonchev–Trinajstić information content (AvgIpc) is 3.30. The molecule has 0 spiro atoms. The van der Waals surface area contributed by atoms with Crippen LogP contribution in [0.15, 0.2) is 53.7 Å². The number of fused-ring (bicyclic) bond motifs is 1. The number of pyridine rings is 1. The SMILES string of the molecule is CN(Cc1cccnc1)Cc1cn2c(n1)CN(C(=O)c1ccoc1)CC2. The highest BCUT2D eigenvalue weighted by Crippen LogP contribution is 2.17. The fourth-order valence-electron chi connectivity index (χ4n) is 3.27. The summed E-state index contributed by atoms with van der Waals surface area (Å²) in [7, 11) is 2.07. The summed E-state index contributed by atoms with van der Waals surface area (Å²) in [6, 6.07) is 5.72. The Kier molecular flexibility index (Phi) is 4.53. The summed E-state index contributed by atoms with van der Waals surface area (Å²) in [6.07, 6.45) is 8.77. The number of amides is 1. The Morgan fingerprint density at radius 3 is 3.00 bits per heavy atom. The van der Waals surface area contributed by atoms with E-state index < -0.39 is 0 Å². The minimum atomic E-state index is -0.0109. The molecule has 0 unspecified atom stereocenters. The van der Waals surface area contributed by atoms with Gasteiger partial charge in [-0.25, -0.2) is 4.98 Å². The van der Waals surface area contributed by atoms with E-state index in [4.69, 9.17) is 9.40 Å². The molecule has 0 bridgehead atoms. The molecule has 0 saturated carbocycles. The Hall–Kier alpha value is -2.93. The highest BCUT2D eigenvalue weighted by Gasteiger charge is 2.24. The smallest absolute Gasteiger partial charge is 0.257 e. The molecule has 0 aromatic carbocycles. The standard InChI is InChI=1S/C19H21N5O2/c1-22(10-15-3-2-5-20-9-15)11-17-12-23-6-7-24(13-18(23)21-17)19(25)16-4-8-26-14-16/h2-5,8-9,12,14H,6-7,10-11,13H2,1H3. The number of hydrogen-bond acceptors (Lipinski definition) is 5. The quantitative estimate of drug-likeness (QED) is 0.705. The Morgan fingerprint density at radius 2 is 2.23 bits per heavy atom. The van der Waals surface area contributed by atoms with Gasteiger partial charge in [-0.15, -0.1) is 0 Å². The van der Waals surface area contributed by atoms with Crippen molar-refractivity contribution in [3.8, 4) is 0 Å². The van der Waals surface area contributed by atoms with Gasteiger partial charge < -0.3 is 13.9 Å². The average molecular weight is 351 g/mol. The molecule has 1 aliphatic rings. The van der Waals surface area contributed by atoms with Crippen LogP contribution in [-0.2, 0) is 26.2 Å². The van der Waals surface area contributed by atoms with Crippen molar-refractivity contribution in [2.24, 2.45) is 0 Å². The lowest BCUT2D eigenvalue weighted by molar-refractivity contribution is 0.0706. The predicted molar refractivity (Wildman–Crippen MR) is 95.1 cm³/mol. The fourth-order valence-corrected chi connectivity index (χ4v) is 3.27. The Bertz CT molecular complexity index is 873. The van der Waals surface area contributed by atoms with E-state index in [1.807, 2.05) is 17.2 Å². The zero-order chi connectivity index (χ0) is 17.9. The van der Waals surface area contributed by atoms with Gasteiger partial charge in [-0.2, -0.15) is 0 Å². The van der Waals surface area contributed by atoms with Crippen molar-refractivity contribution in [3.63, 3.8) is 0 Å². The Labute approximate surface area is 151 Å². The molecule has 26 heavy (non-hydrogen) atoms. The van der Waals surface area contributed by atoms with Crippen molar-refractivity contribution < 1.29 is 9.21 Å². The van der Waals surface area contributed by atoms with Crippen molar-refractivity contribution in [3.05, 3.63) is 72.0 Å². The van der Waals surface area contributed by atoms with E-state index in [-0.39, 0.29) is 5.91 Å². The van der Waals surface area contributed by atoms with Crippen LogP contribution in [0, 0.1) is 0 Å². The van der Waals surface area contributed by atoms with Crippen LogP contribution in [0.5, 0.6) is 0 Å². The molecule has 0 saturated heterocycles. The van der Waals surface area contributed by atoms with E-state index >= 15 is 0 Å². The Balaban J connectivity index is 1.40. The second-order valence-electron chi connectivity index (χ2n) is 6.61. The second kappa shape index (κ2) is 7.13. The molecule has 4 heterocycles. The molecule has 3 aromatic heterocycles. The third-order valence-corrected chi connectivity index (χ3v) is 4.51. The van der Waals surface area contributed by atoms with Gasteiger partial charge >= 0.3 is 0 Å². The summed E-state index contributed by atoms with van der Waals surface area (Å²) in [6.45, 7) is 3.54. The molecule has 3 aromatic rings. The van der Waals surface area contributed by atoms with E-state index in [9.17, 15) is 4.79 Å². The zero-order valence-electron chi connectivity index (χ0n) is 14.7. The monoisotopic (exact) mass is 351 g/mol. The van der Waals surface area contributed by atoms with Crippen molar-refractivity contribution in [2.75, 3.05) is 13.6 Å². The lowest BCUT2D eigenvalue weighted by atomic mass is 10.2. The van der Waals surface area contributed by atoms with Crippen molar-refractivity contribution in [2.45, 2.75) is 26.2 Å². The van der Waals surface area contributed by atoms with Gasteiger partial charge in [0.1, 0.15) is 12.1 Å². The number of imidazole rings is 1. The first-order valence-electron chi connectivity index (χ1n) is 8.63. The predicted octanol–water partition coefficient (Wildman–Crippen LogP) is 2.16. The second-order valence-corrected chi connectivity index (χ2v) is 6.61. The highest BCUT2D eigenvalue weighted by atomic mass is 16.3. The molecule has 0 N–H and O–H groups in total. The molecule has 134 valence electrons. The van der Waals surface area contributed by atoms with Crippen LogP contribution in [0.3, 0.4) is 0 Å². The van der Waals surface area contributed by atoms with Gasteiger partial charge in [-0.3, -0.25) is 14.7 Å². The lowest BCUT2D eigenvalue weighted by Crippen LogP contribution is -2.38. The van der Waals surface area contributed by atoms with Gasteiger partial charge in [0.15, 0.2) is 0 Å². The molecular formula is C19H21N5O2. The number of furan rings is 1. The van der Waals surface area contributed by atoms with Crippen LogP contribution in [0.2, 0.25) is 0 Å². The summed E-state index contributed by atoms with van der Waals surface area (Å²) in [5.41, 5.74) is 2.78.